The number of hydrogen-bond donors (Lipinski definition) is 0. The SMILES string of the molecule is COC(=O)[C@@H]1CC[C@@H]1C#N.COC(=O)[C@H]1CC[C@H]1C#N. The second-order valence-electron chi connectivity index (χ2n) is 4.89. The lowest BCUT2D eigenvalue weighted by molar-refractivity contribution is -0.150. The molecule has 6 heteroatoms. The molecule has 2 aliphatic rings. The predicted octanol–water partition coefficient (Wildman–Crippen LogP) is 1.42. The van der Waals surface area contributed by atoms with E-state index in [-0.39, 0.29) is 35.6 Å². The topological polar surface area (TPSA) is 100 Å². The number of nitrogens with zero attached hydrogens (tertiary/aromatic N) is 2. The molecule has 6 nitrogen and oxygen atoms in total. The zero-order valence-corrected chi connectivity index (χ0v) is 11.7. The molecule has 0 bridgehead atoms. The number of carbonyl (C=O) groups is 2. The fraction of sp³-hybridized carbons (Fsp3) is 0.714. The number of ether oxygens (including phenoxy) is 2. The van der Waals surface area contributed by atoms with Crippen LogP contribution >= 0.6 is 0 Å². The monoisotopic (exact) mass is 278 g/mol. The molecule has 0 aromatic heterocycles. The Balaban J connectivity index is 0.000000200. The quantitative estimate of drug-likeness (QED) is 0.708. The van der Waals surface area contributed by atoms with Crippen LogP contribution in [0.5, 0.6) is 0 Å². The number of carbonyl (C=O) groups excluding carboxylic acids is 2. The largest absolute Gasteiger partial charge is 0.469 e. The molecule has 2 saturated carbocycles. The van der Waals surface area contributed by atoms with E-state index in [4.69, 9.17) is 10.5 Å². The Morgan fingerprint density at radius 3 is 1.35 bits per heavy atom. The number of methoxy groups -OCH3 is 2. The summed E-state index contributed by atoms with van der Waals surface area (Å²) < 4.78 is 8.99. The summed E-state index contributed by atoms with van der Waals surface area (Å²) >= 11 is 0. The van der Waals surface area contributed by atoms with Crippen molar-refractivity contribution in [3.05, 3.63) is 0 Å². The molecular weight excluding hydrogens is 260 g/mol. The first-order valence-electron chi connectivity index (χ1n) is 6.53. The van der Waals surface area contributed by atoms with Gasteiger partial charge in [0.05, 0.1) is 50.0 Å². The predicted molar refractivity (Wildman–Crippen MR) is 67.7 cm³/mol. The van der Waals surface area contributed by atoms with Gasteiger partial charge in [0.25, 0.3) is 0 Å². The van der Waals surface area contributed by atoms with Gasteiger partial charge in [0, 0.05) is 0 Å². The van der Waals surface area contributed by atoms with Gasteiger partial charge in [-0.1, -0.05) is 0 Å². The zero-order valence-electron chi connectivity index (χ0n) is 11.7. The van der Waals surface area contributed by atoms with Gasteiger partial charge in [-0.05, 0) is 25.7 Å². The van der Waals surface area contributed by atoms with Crippen LogP contribution < -0.4 is 0 Å². The molecule has 0 spiro atoms. The minimum atomic E-state index is -0.238. The van der Waals surface area contributed by atoms with Crippen molar-refractivity contribution in [3.63, 3.8) is 0 Å². The fourth-order valence-corrected chi connectivity index (χ4v) is 2.18. The van der Waals surface area contributed by atoms with Gasteiger partial charge in [-0.25, -0.2) is 0 Å². The summed E-state index contributed by atoms with van der Waals surface area (Å²) in [6, 6.07) is 4.13. The normalized spacial score (nSPS) is 30.0. The molecule has 2 rings (SSSR count). The van der Waals surface area contributed by atoms with Gasteiger partial charge in [0.1, 0.15) is 0 Å². The molecule has 108 valence electrons. The van der Waals surface area contributed by atoms with Gasteiger partial charge in [0.15, 0.2) is 0 Å². The summed E-state index contributed by atoms with van der Waals surface area (Å²) in [7, 11) is 2.71. The van der Waals surface area contributed by atoms with Gasteiger partial charge < -0.3 is 9.47 Å². The van der Waals surface area contributed by atoms with Crippen molar-refractivity contribution in [1.29, 1.82) is 10.5 Å². The average Bonchev–Trinajstić information content (AvgIpc) is 2.37. The van der Waals surface area contributed by atoms with Crippen molar-refractivity contribution >= 4 is 11.9 Å². The number of rotatable bonds is 2. The standard InChI is InChI=1S/2C7H9NO2/c2*1-10-7(9)6-3-2-5(6)4-8/h2*5-6H,2-3H2,1H3/t2*5-,6-/m10/s1. The lowest BCUT2D eigenvalue weighted by Gasteiger charge is -2.28. The summed E-state index contributed by atoms with van der Waals surface area (Å²) in [6.45, 7) is 0. The number of nitriles is 2. The van der Waals surface area contributed by atoms with E-state index in [9.17, 15) is 9.59 Å². The Morgan fingerprint density at radius 1 is 0.850 bits per heavy atom. The van der Waals surface area contributed by atoms with Gasteiger partial charge in [-0.15, -0.1) is 0 Å². The van der Waals surface area contributed by atoms with Crippen LogP contribution in [0, 0.1) is 46.3 Å². The van der Waals surface area contributed by atoms with Crippen molar-refractivity contribution in [1.82, 2.24) is 0 Å². The van der Waals surface area contributed by atoms with E-state index in [1.54, 1.807) is 0 Å². The molecule has 0 saturated heterocycles. The summed E-state index contributed by atoms with van der Waals surface area (Å²) in [5, 5.41) is 16.9. The summed E-state index contributed by atoms with van der Waals surface area (Å²) in [5.74, 6) is -0.944. The lowest BCUT2D eigenvalue weighted by atomic mass is 9.75. The third-order valence-corrected chi connectivity index (χ3v) is 3.89. The Morgan fingerprint density at radius 2 is 1.20 bits per heavy atom. The first-order chi connectivity index (χ1) is 9.58. The molecule has 0 aromatic carbocycles. The highest BCUT2D eigenvalue weighted by atomic mass is 16.5. The summed E-state index contributed by atoms with van der Waals surface area (Å²) in [6.07, 6.45) is 3.31. The highest BCUT2D eigenvalue weighted by Crippen LogP contribution is 2.34. The Hall–Kier alpha value is -2.08. The van der Waals surface area contributed by atoms with Crippen molar-refractivity contribution < 1.29 is 19.1 Å². The molecule has 0 amide bonds. The first-order valence-corrected chi connectivity index (χ1v) is 6.53. The third-order valence-electron chi connectivity index (χ3n) is 3.89. The van der Waals surface area contributed by atoms with Crippen LogP contribution in [0.4, 0.5) is 0 Å². The van der Waals surface area contributed by atoms with E-state index >= 15 is 0 Å². The van der Waals surface area contributed by atoms with Gasteiger partial charge >= 0.3 is 11.9 Å². The highest BCUT2D eigenvalue weighted by Gasteiger charge is 2.37. The molecule has 0 aromatic rings. The minimum Gasteiger partial charge on any atom is -0.469 e. The third kappa shape index (κ3) is 3.48. The maximum absolute atomic E-state index is 10.8. The second kappa shape index (κ2) is 7.49. The number of esters is 2. The van der Waals surface area contributed by atoms with Crippen LogP contribution in [0.1, 0.15) is 25.7 Å². The zero-order chi connectivity index (χ0) is 15.1. The first kappa shape index (κ1) is 16.0. The molecule has 0 N–H and O–H groups in total. The van der Waals surface area contributed by atoms with Crippen molar-refractivity contribution in [2.75, 3.05) is 14.2 Å². The van der Waals surface area contributed by atoms with Crippen molar-refractivity contribution in [2.24, 2.45) is 23.7 Å². The van der Waals surface area contributed by atoms with E-state index in [0.29, 0.717) is 0 Å². The molecule has 0 heterocycles. The molecule has 2 fully saturated rings. The Bertz CT molecular complexity index is 407. The molecule has 0 radical (unpaired) electrons. The molecule has 0 aliphatic heterocycles. The van der Waals surface area contributed by atoms with Crippen LogP contribution in [0.3, 0.4) is 0 Å². The van der Waals surface area contributed by atoms with Crippen LogP contribution in [-0.4, -0.2) is 26.2 Å². The van der Waals surface area contributed by atoms with E-state index < -0.39 is 0 Å². The summed E-state index contributed by atoms with van der Waals surface area (Å²) in [4.78, 5) is 21.6. The van der Waals surface area contributed by atoms with E-state index in [1.807, 2.05) is 0 Å². The highest BCUT2D eigenvalue weighted by molar-refractivity contribution is 5.74. The van der Waals surface area contributed by atoms with Gasteiger partial charge in [0.2, 0.25) is 0 Å². The van der Waals surface area contributed by atoms with Crippen LogP contribution in [0.15, 0.2) is 0 Å². The molecule has 20 heavy (non-hydrogen) atoms. The smallest absolute Gasteiger partial charge is 0.309 e. The Kier molecular flexibility index (Phi) is 5.99. The lowest BCUT2D eigenvalue weighted by Crippen LogP contribution is -2.32. The number of hydrogen-bond acceptors (Lipinski definition) is 6. The van der Waals surface area contributed by atoms with Gasteiger partial charge in [-0.3, -0.25) is 9.59 Å². The molecular formula is C14H18N2O4. The maximum atomic E-state index is 10.8. The van der Waals surface area contributed by atoms with E-state index in [1.165, 1.54) is 14.2 Å². The summed E-state index contributed by atoms with van der Waals surface area (Å²) in [5.41, 5.74) is 0. The van der Waals surface area contributed by atoms with E-state index in [2.05, 4.69) is 21.6 Å². The van der Waals surface area contributed by atoms with Crippen molar-refractivity contribution in [2.45, 2.75) is 25.7 Å². The molecule has 0 unspecified atom stereocenters. The minimum absolute atomic E-state index is 0.0903. The van der Waals surface area contributed by atoms with Crippen LogP contribution in [0.25, 0.3) is 0 Å². The van der Waals surface area contributed by atoms with E-state index in [0.717, 1.165) is 25.7 Å². The second-order valence-corrected chi connectivity index (χ2v) is 4.89. The molecule has 4 atom stereocenters. The van der Waals surface area contributed by atoms with Crippen LogP contribution in [-0.2, 0) is 19.1 Å². The Labute approximate surface area is 118 Å². The fourth-order valence-electron chi connectivity index (χ4n) is 2.18. The average molecular weight is 278 g/mol. The van der Waals surface area contributed by atoms with Gasteiger partial charge in [-0.2, -0.15) is 10.5 Å². The maximum Gasteiger partial charge on any atom is 0.309 e. The van der Waals surface area contributed by atoms with Crippen LogP contribution in [0.2, 0.25) is 0 Å². The molecule has 2 aliphatic carbocycles. The van der Waals surface area contributed by atoms with Crippen molar-refractivity contribution in [3.8, 4) is 12.1 Å².